The quantitative estimate of drug-likeness (QED) is 0.616. The van der Waals surface area contributed by atoms with Gasteiger partial charge in [-0.25, -0.2) is 0 Å². The lowest BCUT2D eigenvalue weighted by molar-refractivity contribution is -0.0502. The van der Waals surface area contributed by atoms with Crippen molar-refractivity contribution in [3.8, 4) is 0 Å². The van der Waals surface area contributed by atoms with Crippen molar-refractivity contribution in [3.63, 3.8) is 0 Å². The zero-order valence-corrected chi connectivity index (χ0v) is 13.0. The van der Waals surface area contributed by atoms with Crippen molar-refractivity contribution in [1.29, 1.82) is 0 Å². The molecular formula is C15H32N2O2. The molecule has 1 unspecified atom stereocenters. The SMILES string of the molecule is CCOCCCCNCCN1CCCC(C)(OC)C1. The lowest BCUT2D eigenvalue weighted by Gasteiger charge is -2.39. The summed E-state index contributed by atoms with van der Waals surface area (Å²) in [5.41, 5.74) is 0.0652. The Morgan fingerprint density at radius 1 is 1.26 bits per heavy atom. The average molecular weight is 272 g/mol. The van der Waals surface area contributed by atoms with E-state index in [9.17, 15) is 0 Å². The number of unbranched alkanes of at least 4 members (excludes halogenated alkanes) is 1. The minimum atomic E-state index is 0.0652. The van der Waals surface area contributed by atoms with Crippen molar-refractivity contribution < 1.29 is 9.47 Å². The van der Waals surface area contributed by atoms with Gasteiger partial charge in [-0.15, -0.1) is 0 Å². The lowest BCUT2D eigenvalue weighted by atomic mass is 9.95. The highest BCUT2D eigenvalue weighted by atomic mass is 16.5. The van der Waals surface area contributed by atoms with E-state index in [4.69, 9.17) is 9.47 Å². The Morgan fingerprint density at radius 2 is 2.11 bits per heavy atom. The first-order valence-corrected chi connectivity index (χ1v) is 7.76. The van der Waals surface area contributed by atoms with Gasteiger partial charge >= 0.3 is 0 Å². The molecule has 0 aromatic rings. The summed E-state index contributed by atoms with van der Waals surface area (Å²) in [6.07, 6.45) is 4.80. The Balaban J connectivity index is 1.97. The van der Waals surface area contributed by atoms with Gasteiger partial charge in [0.15, 0.2) is 0 Å². The third-order valence-electron chi connectivity index (χ3n) is 3.93. The number of piperidine rings is 1. The molecule has 0 saturated carbocycles. The number of hydrogen-bond donors (Lipinski definition) is 1. The molecule has 1 N–H and O–H groups in total. The molecule has 19 heavy (non-hydrogen) atoms. The largest absolute Gasteiger partial charge is 0.382 e. The van der Waals surface area contributed by atoms with Crippen LogP contribution in [0.25, 0.3) is 0 Å². The van der Waals surface area contributed by atoms with Gasteiger partial charge in [0.2, 0.25) is 0 Å². The highest BCUT2D eigenvalue weighted by Gasteiger charge is 2.30. The van der Waals surface area contributed by atoms with Crippen molar-refractivity contribution in [2.45, 2.75) is 45.1 Å². The number of ether oxygens (including phenoxy) is 2. The van der Waals surface area contributed by atoms with Gasteiger partial charge in [-0.3, -0.25) is 4.90 Å². The second-order valence-electron chi connectivity index (χ2n) is 5.69. The molecule has 0 spiro atoms. The van der Waals surface area contributed by atoms with Crippen molar-refractivity contribution in [1.82, 2.24) is 10.2 Å². The summed E-state index contributed by atoms with van der Waals surface area (Å²) in [5.74, 6) is 0. The van der Waals surface area contributed by atoms with Crippen molar-refractivity contribution >= 4 is 0 Å². The fraction of sp³-hybridized carbons (Fsp3) is 1.00. The molecule has 0 aliphatic carbocycles. The Kier molecular flexibility index (Phi) is 8.62. The number of rotatable bonds is 10. The summed E-state index contributed by atoms with van der Waals surface area (Å²) < 4.78 is 10.9. The zero-order chi connectivity index (χ0) is 14.0. The van der Waals surface area contributed by atoms with E-state index >= 15 is 0 Å². The van der Waals surface area contributed by atoms with E-state index in [1.165, 1.54) is 25.8 Å². The summed E-state index contributed by atoms with van der Waals surface area (Å²) in [7, 11) is 1.83. The molecular weight excluding hydrogens is 240 g/mol. The molecule has 0 bridgehead atoms. The van der Waals surface area contributed by atoms with Crippen LogP contribution >= 0.6 is 0 Å². The van der Waals surface area contributed by atoms with E-state index < -0.39 is 0 Å². The molecule has 0 aromatic carbocycles. The van der Waals surface area contributed by atoms with Crippen LogP contribution in [0, 0.1) is 0 Å². The molecule has 4 nitrogen and oxygen atoms in total. The van der Waals surface area contributed by atoms with Crippen LogP contribution in [-0.4, -0.2) is 63.5 Å². The van der Waals surface area contributed by atoms with E-state index in [1.807, 2.05) is 14.0 Å². The smallest absolute Gasteiger partial charge is 0.0777 e. The minimum absolute atomic E-state index is 0.0652. The molecule has 1 saturated heterocycles. The minimum Gasteiger partial charge on any atom is -0.382 e. The van der Waals surface area contributed by atoms with Gasteiger partial charge in [-0.05, 0) is 52.6 Å². The van der Waals surface area contributed by atoms with Gasteiger partial charge in [0, 0.05) is 40.0 Å². The summed E-state index contributed by atoms with van der Waals surface area (Å²) in [6, 6.07) is 0. The summed E-state index contributed by atoms with van der Waals surface area (Å²) in [4.78, 5) is 2.51. The van der Waals surface area contributed by atoms with Gasteiger partial charge in [0.05, 0.1) is 5.60 Å². The molecule has 1 rings (SSSR count). The molecule has 1 aliphatic rings. The zero-order valence-electron chi connectivity index (χ0n) is 13.0. The number of likely N-dealkylation sites (tertiary alicyclic amines) is 1. The number of nitrogens with zero attached hydrogens (tertiary/aromatic N) is 1. The van der Waals surface area contributed by atoms with Gasteiger partial charge in [0.25, 0.3) is 0 Å². The first kappa shape index (κ1) is 16.9. The van der Waals surface area contributed by atoms with E-state index in [0.29, 0.717) is 0 Å². The Hall–Kier alpha value is -0.160. The molecule has 0 amide bonds. The monoisotopic (exact) mass is 272 g/mol. The van der Waals surface area contributed by atoms with E-state index in [0.717, 1.165) is 45.8 Å². The number of methoxy groups -OCH3 is 1. The summed E-state index contributed by atoms with van der Waals surface area (Å²) >= 11 is 0. The highest BCUT2D eigenvalue weighted by Crippen LogP contribution is 2.23. The third-order valence-corrected chi connectivity index (χ3v) is 3.93. The van der Waals surface area contributed by atoms with Gasteiger partial charge < -0.3 is 14.8 Å². The third kappa shape index (κ3) is 7.25. The van der Waals surface area contributed by atoms with Gasteiger partial charge in [-0.2, -0.15) is 0 Å². The predicted octanol–water partition coefficient (Wildman–Crippen LogP) is 1.89. The van der Waals surface area contributed by atoms with Gasteiger partial charge in [-0.1, -0.05) is 0 Å². The fourth-order valence-corrected chi connectivity index (χ4v) is 2.63. The lowest BCUT2D eigenvalue weighted by Crippen LogP contribution is -2.49. The molecule has 4 heteroatoms. The van der Waals surface area contributed by atoms with Gasteiger partial charge in [0.1, 0.15) is 0 Å². The van der Waals surface area contributed by atoms with E-state index in [1.54, 1.807) is 0 Å². The van der Waals surface area contributed by atoms with Crippen molar-refractivity contribution in [3.05, 3.63) is 0 Å². The summed E-state index contributed by atoms with van der Waals surface area (Å²) in [6.45, 7) is 11.6. The second kappa shape index (κ2) is 9.70. The second-order valence-corrected chi connectivity index (χ2v) is 5.69. The van der Waals surface area contributed by atoms with Crippen molar-refractivity contribution in [2.24, 2.45) is 0 Å². The summed E-state index contributed by atoms with van der Waals surface area (Å²) in [5, 5.41) is 3.52. The van der Waals surface area contributed by atoms with Crippen LogP contribution < -0.4 is 5.32 Å². The Bertz CT molecular complexity index is 226. The fourth-order valence-electron chi connectivity index (χ4n) is 2.63. The van der Waals surface area contributed by atoms with Crippen LogP contribution in [0.3, 0.4) is 0 Å². The molecule has 1 heterocycles. The topological polar surface area (TPSA) is 33.7 Å². The molecule has 1 aliphatic heterocycles. The number of hydrogen-bond acceptors (Lipinski definition) is 4. The maximum absolute atomic E-state index is 5.62. The Morgan fingerprint density at radius 3 is 2.84 bits per heavy atom. The van der Waals surface area contributed by atoms with Crippen LogP contribution in [0.1, 0.15) is 39.5 Å². The predicted molar refractivity (Wildman–Crippen MR) is 79.7 cm³/mol. The van der Waals surface area contributed by atoms with Crippen LogP contribution in [0.15, 0.2) is 0 Å². The highest BCUT2D eigenvalue weighted by molar-refractivity contribution is 4.84. The maximum atomic E-state index is 5.62. The molecule has 0 aromatic heterocycles. The Labute approximate surface area is 118 Å². The molecule has 1 atom stereocenters. The first-order chi connectivity index (χ1) is 9.20. The van der Waals surface area contributed by atoms with Crippen LogP contribution in [0.4, 0.5) is 0 Å². The molecule has 1 fully saturated rings. The van der Waals surface area contributed by atoms with Crippen LogP contribution in [0.2, 0.25) is 0 Å². The van der Waals surface area contributed by atoms with Crippen LogP contribution in [-0.2, 0) is 9.47 Å². The normalized spacial score (nSPS) is 24.8. The number of nitrogens with one attached hydrogen (secondary N) is 1. The molecule has 114 valence electrons. The molecule has 0 radical (unpaired) electrons. The standard InChI is InChI=1S/C15H32N2O2/c1-4-19-13-6-5-9-16-10-12-17-11-7-8-15(2,14-17)18-3/h16H,4-14H2,1-3H3. The average Bonchev–Trinajstić information content (AvgIpc) is 2.42. The van der Waals surface area contributed by atoms with Crippen LogP contribution in [0.5, 0.6) is 0 Å². The van der Waals surface area contributed by atoms with Crippen molar-refractivity contribution in [2.75, 3.05) is 53.0 Å². The maximum Gasteiger partial charge on any atom is 0.0777 e. The van der Waals surface area contributed by atoms with E-state index in [-0.39, 0.29) is 5.60 Å². The first-order valence-electron chi connectivity index (χ1n) is 7.76. The van der Waals surface area contributed by atoms with E-state index in [2.05, 4.69) is 17.1 Å².